The largest absolute Gasteiger partial charge is 0.361 e. The Kier molecular flexibility index (Phi) is 4.56. The molecule has 0 bridgehead atoms. The molecule has 2 aliphatic heterocycles. The molecule has 0 aromatic heterocycles. The minimum absolute atomic E-state index is 0. The fourth-order valence-electron chi connectivity index (χ4n) is 2.02. The van der Waals surface area contributed by atoms with Gasteiger partial charge in [-0.15, -0.1) is 12.4 Å². The topological polar surface area (TPSA) is 21.3 Å². The maximum absolute atomic E-state index is 5.78. The quantitative estimate of drug-likeness (QED) is 0.756. The first kappa shape index (κ1) is 12.6. The summed E-state index contributed by atoms with van der Waals surface area (Å²) in [5.74, 6) is 3.35. The molecule has 2 aliphatic rings. The van der Waals surface area contributed by atoms with Crippen LogP contribution in [0, 0.1) is 5.92 Å². The molecule has 0 radical (unpaired) electrons. The number of thioether (sulfide) groups is 1. The predicted octanol–water partition coefficient (Wildman–Crippen LogP) is 2.28. The highest BCUT2D eigenvalue weighted by Crippen LogP contribution is 2.29. The molecule has 84 valence electrons. The molecule has 2 unspecified atom stereocenters. The van der Waals surface area contributed by atoms with Gasteiger partial charge in [0.2, 0.25) is 0 Å². The van der Waals surface area contributed by atoms with Crippen LogP contribution in [-0.2, 0) is 4.74 Å². The molecular formula is C10H20ClNOS. The van der Waals surface area contributed by atoms with Gasteiger partial charge < -0.3 is 4.74 Å². The molecule has 0 amide bonds. The van der Waals surface area contributed by atoms with E-state index >= 15 is 0 Å². The van der Waals surface area contributed by atoms with Crippen LogP contribution in [0.1, 0.15) is 26.7 Å². The molecule has 2 rings (SSSR count). The van der Waals surface area contributed by atoms with Crippen LogP contribution in [-0.4, -0.2) is 29.9 Å². The van der Waals surface area contributed by atoms with E-state index < -0.39 is 0 Å². The summed E-state index contributed by atoms with van der Waals surface area (Å²) in [5, 5.41) is 3.56. The maximum atomic E-state index is 5.78. The Bertz CT molecular complexity index is 183. The van der Waals surface area contributed by atoms with Crippen molar-refractivity contribution in [2.45, 2.75) is 38.5 Å². The molecule has 0 aromatic carbocycles. The average molecular weight is 238 g/mol. The lowest BCUT2D eigenvalue weighted by molar-refractivity contribution is 0.0549. The highest BCUT2D eigenvalue weighted by atomic mass is 35.5. The monoisotopic (exact) mass is 237 g/mol. The van der Waals surface area contributed by atoms with Crippen LogP contribution < -0.4 is 5.32 Å². The van der Waals surface area contributed by atoms with E-state index in [0.717, 1.165) is 12.5 Å². The molecule has 0 spiro atoms. The Morgan fingerprint density at radius 3 is 2.71 bits per heavy atom. The zero-order valence-corrected chi connectivity index (χ0v) is 10.5. The van der Waals surface area contributed by atoms with Crippen molar-refractivity contribution < 1.29 is 4.74 Å². The van der Waals surface area contributed by atoms with E-state index in [4.69, 9.17) is 4.74 Å². The summed E-state index contributed by atoms with van der Waals surface area (Å²) in [6, 6.07) is 0. The first-order valence-electron chi connectivity index (χ1n) is 5.14. The van der Waals surface area contributed by atoms with Crippen LogP contribution in [0.3, 0.4) is 0 Å². The minimum Gasteiger partial charge on any atom is -0.361 e. The molecule has 2 atom stereocenters. The van der Waals surface area contributed by atoms with Gasteiger partial charge in [0.25, 0.3) is 0 Å². The minimum atomic E-state index is 0. The first-order chi connectivity index (χ1) is 6.17. The van der Waals surface area contributed by atoms with E-state index in [9.17, 15) is 0 Å². The van der Waals surface area contributed by atoms with E-state index in [1.54, 1.807) is 0 Å². The van der Waals surface area contributed by atoms with Gasteiger partial charge in [-0.3, -0.25) is 5.32 Å². The van der Waals surface area contributed by atoms with Crippen molar-refractivity contribution in [2.24, 2.45) is 5.92 Å². The maximum Gasteiger partial charge on any atom is 0.112 e. The van der Waals surface area contributed by atoms with Crippen molar-refractivity contribution in [2.75, 3.05) is 18.1 Å². The summed E-state index contributed by atoms with van der Waals surface area (Å²) >= 11 is 2.07. The number of rotatable bonds is 1. The van der Waals surface area contributed by atoms with Gasteiger partial charge >= 0.3 is 0 Å². The molecule has 14 heavy (non-hydrogen) atoms. The van der Waals surface area contributed by atoms with Crippen molar-refractivity contribution in [3.8, 4) is 0 Å². The van der Waals surface area contributed by atoms with Crippen molar-refractivity contribution in [3.05, 3.63) is 0 Å². The van der Waals surface area contributed by atoms with Crippen LogP contribution >= 0.6 is 24.2 Å². The Hall–Kier alpha value is 0.560. The van der Waals surface area contributed by atoms with Gasteiger partial charge in [0.15, 0.2) is 0 Å². The number of halogens is 1. The fourth-order valence-corrected chi connectivity index (χ4v) is 3.21. The van der Waals surface area contributed by atoms with E-state index in [2.05, 4.69) is 30.9 Å². The zero-order chi connectivity index (χ0) is 9.31. The molecular weight excluding hydrogens is 218 g/mol. The molecule has 2 saturated heterocycles. The lowest BCUT2D eigenvalue weighted by Gasteiger charge is -2.27. The first-order valence-corrected chi connectivity index (χ1v) is 6.30. The van der Waals surface area contributed by atoms with Gasteiger partial charge in [-0.05, 0) is 38.2 Å². The van der Waals surface area contributed by atoms with Crippen LogP contribution in [0.4, 0.5) is 0 Å². The molecule has 2 nitrogen and oxygen atoms in total. The van der Waals surface area contributed by atoms with Crippen LogP contribution in [0.25, 0.3) is 0 Å². The molecule has 0 aliphatic carbocycles. The number of hydrogen-bond acceptors (Lipinski definition) is 3. The molecule has 0 aromatic rings. The van der Waals surface area contributed by atoms with Gasteiger partial charge in [0.1, 0.15) is 6.23 Å². The number of nitrogens with one attached hydrogen (secondary N) is 1. The van der Waals surface area contributed by atoms with Gasteiger partial charge in [0.05, 0.1) is 6.61 Å². The van der Waals surface area contributed by atoms with Crippen molar-refractivity contribution >= 4 is 24.2 Å². The average Bonchev–Trinajstić information content (AvgIpc) is 2.48. The zero-order valence-electron chi connectivity index (χ0n) is 8.91. The molecule has 4 heteroatoms. The van der Waals surface area contributed by atoms with Crippen molar-refractivity contribution in [1.29, 1.82) is 0 Å². The standard InChI is InChI=1S/C10H19NOS.ClH/c1-10(2)7-12-9(11-10)8-4-3-5-13-6-8;/h8-9,11H,3-7H2,1-2H3;1H. The lowest BCUT2D eigenvalue weighted by Crippen LogP contribution is -2.43. The summed E-state index contributed by atoms with van der Waals surface area (Å²) in [4.78, 5) is 0. The number of hydrogen-bond donors (Lipinski definition) is 1. The van der Waals surface area contributed by atoms with Gasteiger partial charge in [-0.25, -0.2) is 0 Å². The summed E-state index contributed by atoms with van der Waals surface area (Å²) in [7, 11) is 0. The summed E-state index contributed by atoms with van der Waals surface area (Å²) in [5.41, 5.74) is 0.187. The third kappa shape index (κ3) is 3.02. The van der Waals surface area contributed by atoms with Crippen LogP contribution in [0.5, 0.6) is 0 Å². The Balaban J connectivity index is 0.000000980. The van der Waals surface area contributed by atoms with E-state index in [1.165, 1.54) is 24.3 Å². The van der Waals surface area contributed by atoms with E-state index in [1.807, 2.05) is 0 Å². The van der Waals surface area contributed by atoms with Crippen molar-refractivity contribution in [3.63, 3.8) is 0 Å². The second-order valence-corrected chi connectivity index (χ2v) is 5.89. The highest BCUT2D eigenvalue weighted by Gasteiger charge is 2.35. The molecule has 1 N–H and O–H groups in total. The smallest absolute Gasteiger partial charge is 0.112 e. The highest BCUT2D eigenvalue weighted by molar-refractivity contribution is 7.99. The normalized spacial score (nSPS) is 36.4. The third-order valence-electron chi connectivity index (χ3n) is 2.78. The van der Waals surface area contributed by atoms with Gasteiger partial charge in [-0.2, -0.15) is 11.8 Å². The van der Waals surface area contributed by atoms with E-state index in [0.29, 0.717) is 6.23 Å². The molecule has 2 heterocycles. The number of ether oxygens (including phenoxy) is 1. The Morgan fingerprint density at radius 2 is 2.21 bits per heavy atom. The van der Waals surface area contributed by atoms with Crippen LogP contribution in [0.15, 0.2) is 0 Å². The third-order valence-corrected chi connectivity index (χ3v) is 4.02. The SMILES string of the molecule is CC1(C)COC(C2CCCSC2)N1.Cl. The summed E-state index contributed by atoms with van der Waals surface area (Å²) in [6.45, 7) is 5.28. The molecule has 0 saturated carbocycles. The fraction of sp³-hybridized carbons (Fsp3) is 1.00. The van der Waals surface area contributed by atoms with Gasteiger partial charge in [-0.1, -0.05) is 0 Å². The summed E-state index contributed by atoms with van der Waals surface area (Å²) < 4.78 is 5.78. The van der Waals surface area contributed by atoms with Crippen molar-refractivity contribution in [1.82, 2.24) is 5.32 Å². The second-order valence-electron chi connectivity index (χ2n) is 4.74. The van der Waals surface area contributed by atoms with Crippen LogP contribution in [0.2, 0.25) is 0 Å². The van der Waals surface area contributed by atoms with E-state index in [-0.39, 0.29) is 17.9 Å². The second kappa shape index (κ2) is 5.06. The Labute approximate surface area is 97.0 Å². The lowest BCUT2D eigenvalue weighted by atomic mass is 10.0. The Morgan fingerprint density at radius 1 is 1.43 bits per heavy atom. The summed E-state index contributed by atoms with van der Waals surface area (Å²) in [6.07, 6.45) is 3.01. The predicted molar refractivity (Wildman–Crippen MR) is 64.3 cm³/mol. The molecule has 2 fully saturated rings. The van der Waals surface area contributed by atoms with Gasteiger partial charge in [0, 0.05) is 11.5 Å².